The fraction of sp³-hybridized carbons (Fsp3) is 0.550. The lowest BCUT2D eigenvalue weighted by Gasteiger charge is -2.29. The smallest absolute Gasteiger partial charge is 0.387 e. The van der Waals surface area contributed by atoms with Crippen molar-refractivity contribution in [2.45, 2.75) is 31.6 Å². The normalized spacial score (nSPS) is 23.5. The number of nitrogen functional groups attached to an aromatic ring is 1. The molecule has 0 aliphatic carbocycles. The zero-order chi connectivity index (χ0) is 21.4. The SMILES string of the molecule is Nc1ncc(-c2cc(N3CC4CC3CO4)nc(N3CCCOCC3)n2)cc1OC(F)F. The van der Waals surface area contributed by atoms with Crippen molar-refractivity contribution in [2.75, 3.05) is 55.0 Å². The Kier molecular flexibility index (Phi) is 5.45. The molecule has 11 heteroatoms. The van der Waals surface area contributed by atoms with Gasteiger partial charge in [-0.15, -0.1) is 0 Å². The van der Waals surface area contributed by atoms with E-state index in [1.165, 1.54) is 12.3 Å². The van der Waals surface area contributed by atoms with Gasteiger partial charge in [0.1, 0.15) is 5.82 Å². The van der Waals surface area contributed by atoms with E-state index in [4.69, 9.17) is 25.2 Å². The number of alkyl halides is 2. The number of aromatic nitrogens is 3. The van der Waals surface area contributed by atoms with E-state index in [9.17, 15) is 8.78 Å². The highest BCUT2D eigenvalue weighted by molar-refractivity contribution is 5.68. The van der Waals surface area contributed by atoms with Gasteiger partial charge in [-0.25, -0.2) is 9.97 Å². The number of pyridine rings is 1. The second-order valence-corrected chi connectivity index (χ2v) is 7.85. The van der Waals surface area contributed by atoms with Crippen LogP contribution in [0, 0.1) is 0 Å². The number of morpholine rings is 1. The van der Waals surface area contributed by atoms with Crippen molar-refractivity contribution in [3.05, 3.63) is 18.3 Å². The van der Waals surface area contributed by atoms with Crippen molar-refractivity contribution in [1.29, 1.82) is 0 Å². The maximum Gasteiger partial charge on any atom is 0.387 e. The van der Waals surface area contributed by atoms with Gasteiger partial charge in [0, 0.05) is 44.1 Å². The number of nitrogens with two attached hydrogens (primary N) is 1. The molecule has 3 aliphatic heterocycles. The molecule has 0 saturated carbocycles. The van der Waals surface area contributed by atoms with Crippen LogP contribution in [0.4, 0.5) is 26.4 Å². The molecule has 0 aromatic carbocycles. The zero-order valence-corrected chi connectivity index (χ0v) is 16.9. The Labute approximate surface area is 178 Å². The summed E-state index contributed by atoms with van der Waals surface area (Å²) in [6.07, 6.45) is 3.57. The van der Waals surface area contributed by atoms with Gasteiger partial charge in [-0.1, -0.05) is 0 Å². The molecule has 2 atom stereocenters. The average Bonchev–Trinajstić information content (AvgIpc) is 3.29. The standard InChI is InChI=1S/C20H24F2N6O3/c21-19(22)31-16-6-12(9-24-18(16)23)15-8-17(28-10-14-7-13(28)11-30-14)26-20(25-15)27-2-1-4-29-5-3-27/h6,8-9,13-14,19H,1-5,7,10-11H2,(H2,23,24). The summed E-state index contributed by atoms with van der Waals surface area (Å²) in [6, 6.07) is 3.57. The minimum absolute atomic E-state index is 0.0998. The van der Waals surface area contributed by atoms with Crippen LogP contribution >= 0.6 is 0 Å². The van der Waals surface area contributed by atoms with Crippen LogP contribution in [0.1, 0.15) is 12.8 Å². The number of ether oxygens (including phenoxy) is 3. The molecule has 5 heterocycles. The van der Waals surface area contributed by atoms with Gasteiger partial charge in [-0.3, -0.25) is 0 Å². The maximum absolute atomic E-state index is 12.8. The summed E-state index contributed by atoms with van der Waals surface area (Å²) in [4.78, 5) is 17.9. The third-order valence-corrected chi connectivity index (χ3v) is 5.79. The van der Waals surface area contributed by atoms with Crippen molar-refractivity contribution in [1.82, 2.24) is 15.0 Å². The Morgan fingerprint density at radius 1 is 1.19 bits per heavy atom. The van der Waals surface area contributed by atoms with E-state index < -0.39 is 6.61 Å². The predicted molar refractivity (Wildman–Crippen MR) is 109 cm³/mol. The number of fused-ring (bicyclic) bond motifs is 2. The van der Waals surface area contributed by atoms with Crippen LogP contribution in [0.15, 0.2) is 18.3 Å². The molecule has 166 valence electrons. The molecule has 5 rings (SSSR count). The highest BCUT2D eigenvalue weighted by atomic mass is 19.3. The Balaban J connectivity index is 1.54. The first-order chi connectivity index (χ1) is 15.1. The molecule has 2 unspecified atom stereocenters. The van der Waals surface area contributed by atoms with E-state index in [0.29, 0.717) is 43.6 Å². The second kappa shape index (κ2) is 8.39. The van der Waals surface area contributed by atoms with E-state index in [-0.39, 0.29) is 23.7 Å². The van der Waals surface area contributed by atoms with Gasteiger partial charge in [0.25, 0.3) is 0 Å². The van der Waals surface area contributed by atoms with Gasteiger partial charge in [-0.05, 0) is 18.9 Å². The van der Waals surface area contributed by atoms with Crippen LogP contribution in [0.3, 0.4) is 0 Å². The third-order valence-electron chi connectivity index (χ3n) is 5.79. The van der Waals surface area contributed by atoms with Gasteiger partial charge in [-0.2, -0.15) is 13.8 Å². The molecular weight excluding hydrogens is 410 g/mol. The molecule has 0 spiro atoms. The first-order valence-electron chi connectivity index (χ1n) is 10.4. The summed E-state index contributed by atoms with van der Waals surface area (Å²) in [7, 11) is 0. The summed E-state index contributed by atoms with van der Waals surface area (Å²) in [5.41, 5.74) is 6.80. The minimum atomic E-state index is -2.99. The van der Waals surface area contributed by atoms with Crippen LogP contribution in [0.2, 0.25) is 0 Å². The summed E-state index contributed by atoms with van der Waals surface area (Å²) in [5, 5.41) is 0. The number of nitrogens with zero attached hydrogens (tertiary/aromatic N) is 5. The van der Waals surface area contributed by atoms with Crippen molar-refractivity contribution in [2.24, 2.45) is 0 Å². The van der Waals surface area contributed by atoms with Gasteiger partial charge < -0.3 is 29.7 Å². The number of rotatable bonds is 5. The molecule has 2 aromatic rings. The summed E-state index contributed by atoms with van der Waals surface area (Å²) in [6.45, 7) is 1.20. The molecule has 2 N–H and O–H groups in total. The van der Waals surface area contributed by atoms with Gasteiger partial charge in [0.2, 0.25) is 5.95 Å². The molecule has 3 aliphatic rings. The largest absolute Gasteiger partial charge is 0.431 e. The van der Waals surface area contributed by atoms with Crippen LogP contribution in [-0.2, 0) is 9.47 Å². The first-order valence-corrected chi connectivity index (χ1v) is 10.4. The number of hydrogen-bond acceptors (Lipinski definition) is 9. The summed E-state index contributed by atoms with van der Waals surface area (Å²) in [5.74, 6) is 1.09. The van der Waals surface area contributed by atoms with E-state index in [1.54, 1.807) is 0 Å². The van der Waals surface area contributed by atoms with Crippen molar-refractivity contribution < 1.29 is 23.0 Å². The predicted octanol–water partition coefficient (Wildman–Crippen LogP) is 1.93. The summed E-state index contributed by atoms with van der Waals surface area (Å²) >= 11 is 0. The van der Waals surface area contributed by atoms with Crippen LogP contribution in [0.5, 0.6) is 5.75 Å². The second-order valence-electron chi connectivity index (χ2n) is 7.85. The minimum Gasteiger partial charge on any atom is -0.431 e. The molecule has 31 heavy (non-hydrogen) atoms. The molecular formula is C20H24F2N6O3. The van der Waals surface area contributed by atoms with Crippen LogP contribution < -0.4 is 20.3 Å². The Bertz CT molecular complexity index is 941. The van der Waals surface area contributed by atoms with Gasteiger partial charge in [0.15, 0.2) is 11.6 Å². The molecule has 0 amide bonds. The number of anilines is 3. The van der Waals surface area contributed by atoms with E-state index in [0.717, 1.165) is 31.7 Å². The lowest BCUT2D eigenvalue weighted by molar-refractivity contribution is -0.0494. The Morgan fingerprint density at radius 2 is 2.10 bits per heavy atom. The van der Waals surface area contributed by atoms with Crippen molar-refractivity contribution >= 4 is 17.6 Å². The quantitative estimate of drug-likeness (QED) is 0.757. The molecule has 2 bridgehead atoms. The Morgan fingerprint density at radius 3 is 2.87 bits per heavy atom. The molecule has 3 saturated heterocycles. The van der Waals surface area contributed by atoms with E-state index in [2.05, 4.69) is 19.5 Å². The maximum atomic E-state index is 12.8. The summed E-state index contributed by atoms with van der Waals surface area (Å²) < 4.78 is 41.3. The van der Waals surface area contributed by atoms with Gasteiger partial charge in [0.05, 0.1) is 31.1 Å². The molecule has 9 nitrogen and oxygen atoms in total. The highest BCUT2D eigenvalue weighted by Crippen LogP contribution is 2.35. The number of hydrogen-bond donors (Lipinski definition) is 1. The fourth-order valence-corrected chi connectivity index (χ4v) is 4.27. The van der Waals surface area contributed by atoms with Crippen molar-refractivity contribution in [3.8, 4) is 17.0 Å². The fourth-order valence-electron chi connectivity index (χ4n) is 4.27. The van der Waals surface area contributed by atoms with Gasteiger partial charge >= 0.3 is 6.61 Å². The monoisotopic (exact) mass is 434 g/mol. The zero-order valence-electron chi connectivity index (χ0n) is 16.9. The molecule has 3 fully saturated rings. The van der Waals surface area contributed by atoms with Crippen molar-refractivity contribution in [3.63, 3.8) is 0 Å². The first kappa shape index (κ1) is 20.1. The lowest BCUT2D eigenvalue weighted by Crippen LogP contribution is -2.38. The van der Waals surface area contributed by atoms with Crippen LogP contribution in [-0.4, -0.2) is 73.2 Å². The molecule has 0 radical (unpaired) electrons. The number of halogens is 2. The average molecular weight is 434 g/mol. The lowest BCUT2D eigenvalue weighted by atomic mass is 10.2. The van der Waals surface area contributed by atoms with E-state index in [1.807, 2.05) is 6.07 Å². The topological polar surface area (TPSA) is 98.9 Å². The molecule has 2 aromatic heterocycles. The highest BCUT2D eigenvalue weighted by Gasteiger charge is 2.40. The third kappa shape index (κ3) is 4.19. The van der Waals surface area contributed by atoms with Crippen LogP contribution in [0.25, 0.3) is 11.3 Å². The Hall–Kier alpha value is -2.79. The van der Waals surface area contributed by atoms with E-state index >= 15 is 0 Å².